The quantitative estimate of drug-likeness (QED) is 0.831. The van der Waals surface area contributed by atoms with Crippen LogP contribution in [0.2, 0.25) is 0 Å². The maximum atomic E-state index is 13.0. The Balaban J connectivity index is 1.89. The van der Waals surface area contributed by atoms with Crippen molar-refractivity contribution in [1.82, 2.24) is 4.90 Å². The van der Waals surface area contributed by atoms with E-state index in [0.29, 0.717) is 25.5 Å². The SMILES string of the molecule is NC(=O)[C@@H]1CCCN(C(=O)COC(=O)c2ccc(F)c(F)c2)C1. The summed E-state index contributed by atoms with van der Waals surface area (Å²) < 4.78 is 30.6. The van der Waals surface area contributed by atoms with Crippen molar-refractivity contribution in [2.24, 2.45) is 11.7 Å². The summed E-state index contributed by atoms with van der Waals surface area (Å²) in [7, 11) is 0. The second-order valence-corrected chi connectivity index (χ2v) is 5.29. The van der Waals surface area contributed by atoms with Gasteiger partial charge in [0.05, 0.1) is 11.5 Å². The molecule has 1 aliphatic heterocycles. The molecule has 8 heteroatoms. The molecule has 1 heterocycles. The molecule has 0 saturated carbocycles. The molecule has 1 saturated heterocycles. The zero-order chi connectivity index (χ0) is 17.0. The molecule has 124 valence electrons. The van der Waals surface area contributed by atoms with Crippen molar-refractivity contribution in [3.8, 4) is 0 Å². The zero-order valence-electron chi connectivity index (χ0n) is 12.3. The standard InChI is InChI=1S/C15H16F2N2O4/c16-11-4-3-9(6-12(11)17)15(22)23-8-13(20)19-5-1-2-10(7-19)14(18)21/h3-4,6,10H,1-2,5,7-8H2,(H2,18,21)/t10-/m1/s1. The number of benzene rings is 1. The van der Waals surface area contributed by atoms with Crippen molar-refractivity contribution in [2.75, 3.05) is 19.7 Å². The normalized spacial score (nSPS) is 17.7. The van der Waals surface area contributed by atoms with Gasteiger partial charge in [0.15, 0.2) is 18.2 Å². The van der Waals surface area contributed by atoms with Crippen molar-refractivity contribution in [3.63, 3.8) is 0 Å². The third-order valence-corrected chi connectivity index (χ3v) is 3.66. The van der Waals surface area contributed by atoms with Crippen LogP contribution >= 0.6 is 0 Å². The highest BCUT2D eigenvalue weighted by molar-refractivity contribution is 5.91. The molecule has 0 bridgehead atoms. The number of nitrogens with two attached hydrogens (primary N) is 1. The molecular weight excluding hydrogens is 310 g/mol. The van der Waals surface area contributed by atoms with Gasteiger partial charge in [-0.1, -0.05) is 0 Å². The van der Waals surface area contributed by atoms with E-state index in [1.807, 2.05) is 0 Å². The van der Waals surface area contributed by atoms with E-state index in [9.17, 15) is 23.2 Å². The highest BCUT2D eigenvalue weighted by atomic mass is 19.2. The fourth-order valence-electron chi connectivity index (χ4n) is 2.36. The maximum absolute atomic E-state index is 13.0. The predicted molar refractivity (Wildman–Crippen MR) is 75.1 cm³/mol. The first-order valence-corrected chi connectivity index (χ1v) is 7.07. The van der Waals surface area contributed by atoms with E-state index in [4.69, 9.17) is 10.5 Å². The molecule has 1 atom stereocenters. The lowest BCUT2D eigenvalue weighted by Crippen LogP contribution is -2.45. The molecule has 23 heavy (non-hydrogen) atoms. The van der Waals surface area contributed by atoms with E-state index in [2.05, 4.69) is 0 Å². The summed E-state index contributed by atoms with van der Waals surface area (Å²) in [5, 5.41) is 0. The summed E-state index contributed by atoms with van der Waals surface area (Å²) in [5.74, 6) is -4.53. The van der Waals surface area contributed by atoms with Gasteiger partial charge >= 0.3 is 5.97 Å². The molecule has 1 fully saturated rings. The van der Waals surface area contributed by atoms with Gasteiger partial charge in [0, 0.05) is 13.1 Å². The van der Waals surface area contributed by atoms with Gasteiger partial charge in [-0.2, -0.15) is 0 Å². The van der Waals surface area contributed by atoms with Crippen LogP contribution in [0.5, 0.6) is 0 Å². The summed E-state index contributed by atoms with van der Waals surface area (Å²) in [6.45, 7) is 0.103. The molecule has 1 aromatic rings. The van der Waals surface area contributed by atoms with E-state index in [1.165, 1.54) is 4.90 Å². The number of amides is 2. The number of primary amides is 1. The number of halogens is 2. The predicted octanol–water partition coefficient (Wildman–Crippen LogP) is 0.845. The lowest BCUT2D eigenvalue weighted by Gasteiger charge is -2.31. The van der Waals surface area contributed by atoms with Crippen LogP contribution < -0.4 is 5.73 Å². The van der Waals surface area contributed by atoms with Crippen molar-refractivity contribution in [3.05, 3.63) is 35.4 Å². The number of carbonyl (C=O) groups excluding carboxylic acids is 3. The van der Waals surface area contributed by atoms with Gasteiger partial charge in [0.1, 0.15) is 0 Å². The van der Waals surface area contributed by atoms with E-state index in [1.54, 1.807) is 0 Å². The summed E-state index contributed by atoms with van der Waals surface area (Å²) in [6.07, 6.45) is 1.25. The highest BCUT2D eigenvalue weighted by Gasteiger charge is 2.27. The van der Waals surface area contributed by atoms with Gasteiger partial charge in [-0.05, 0) is 31.0 Å². The first-order valence-electron chi connectivity index (χ1n) is 7.07. The van der Waals surface area contributed by atoms with E-state index < -0.39 is 41.9 Å². The van der Waals surface area contributed by atoms with Gasteiger partial charge in [-0.3, -0.25) is 9.59 Å². The third-order valence-electron chi connectivity index (χ3n) is 3.66. The van der Waals surface area contributed by atoms with Crippen LogP contribution in [0.25, 0.3) is 0 Å². The minimum atomic E-state index is -1.17. The van der Waals surface area contributed by atoms with Crippen LogP contribution in [-0.2, 0) is 14.3 Å². The van der Waals surface area contributed by atoms with Crippen molar-refractivity contribution >= 4 is 17.8 Å². The molecule has 0 spiro atoms. The average molecular weight is 326 g/mol. The Labute approximate surface area is 131 Å². The molecule has 0 unspecified atom stereocenters. The zero-order valence-corrected chi connectivity index (χ0v) is 12.3. The molecule has 2 amide bonds. The summed E-state index contributed by atoms with van der Waals surface area (Å²) in [4.78, 5) is 36.3. The van der Waals surface area contributed by atoms with Crippen LogP contribution in [0.1, 0.15) is 23.2 Å². The Bertz CT molecular complexity index is 636. The summed E-state index contributed by atoms with van der Waals surface area (Å²) >= 11 is 0. The monoisotopic (exact) mass is 326 g/mol. The smallest absolute Gasteiger partial charge is 0.338 e. The Hall–Kier alpha value is -2.51. The summed E-state index contributed by atoms with van der Waals surface area (Å²) in [5.41, 5.74) is 5.04. The van der Waals surface area contributed by atoms with Crippen LogP contribution in [0.3, 0.4) is 0 Å². The maximum Gasteiger partial charge on any atom is 0.338 e. The topological polar surface area (TPSA) is 89.7 Å². The number of hydrogen-bond donors (Lipinski definition) is 1. The molecular formula is C15H16F2N2O4. The first kappa shape index (κ1) is 16.9. The van der Waals surface area contributed by atoms with E-state index >= 15 is 0 Å². The number of hydrogen-bond acceptors (Lipinski definition) is 4. The number of esters is 1. The molecule has 1 aliphatic rings. The third kappa shape index (κ3) is 4.24. The van der Waals surface area contributed by atoms with Crippen molar-refractivity contribution in [2.45, 2.75) is 12.8 Å². The van der Waals surface area contributed by atoms with Gasteiger partial charge in [-0.25, -0.2) is 13.6 Å². The number of carbonyl (C=O) groups is 3. The fraction of sp³-hybridized carbons (Fsp3) is 0.400. The first-order chi connectivity index (χ1) is 10.9. The van der Waals surface area contributed by atoms with Crippen molar-refractivity contribution < 1.29 is 27.9 Å². The molecule has 6 nitrogen and oxygen atoms in total. The van der Waals surface area contributed by atoms with E-state index in [-0.39, 0.29) is 12.1 Å². The Morgan fingerprint density at radius 1 is 1.26 bits per heavy atom. The average Bonchev–Trinajstić information content (AvgIpc) is 2.54. The summed E-state index contributed by atoms with van der Waals surface area (Å²) in [6, 6.07) is 2.57. The highest BCUT2D eigenvalue weighted by Crippen LogP contribution is 2.16. The Morgan fingerprint density at radius 3 is 2.65 bits per heavy atom. The van der Waals surface area contributed by atoms with Gasteiger partial charge in [0.25, 0.3) is 5.91 Å². The van der Waals surface area contributed by atoms with Crippen molar-refractivity contribution in [1.29, 1.82) is 0 Å². The number of ether oxygens (including phenoxy) is 1. The fourth-order valence-corrected chi connectivity index (χ4v) is 2.36. The van der Waals surface area contributed by atoms with Crippen LogP contribution in [0.15, 0.2) is 18.2 Å². The lowest BCUT2D eigenvalue weighted by atomic mass is 9.97. The second kappa shape index (κ2) is 7.17. The Kier molecular flexibility index (Phi) is 5.25. The number of rotatable bonds is 4. The van der Waals surface area contributed by atoms with Gasteiger partial charge in [0.2, 0.25) is 5.91 Å². The molecule has 0 aromatic heterocycles. The molecule has 0 radical (unpaired) electrons. The molecule has 0 aliphatic carbocycles. The van der Waals surface area contributed by atoms with E-state index in [0.717, 1.165) is 12.1 Å². The lowest BCUT2D eigenvalue weighted by molar-refractivity contribution is -0.137. The molecule has 2 rings (SSSR count). The number of piperidine rings is 1. The largest absolute Gasteiger partial charge is 0.452 e. The molecule has 2 N–H and O–H groups in total. The van der Waals surface area contributed by atoms with Crippen LogP contribution in [0.4, 0.5) is 8.78 Å². The Morgan fingerprint density at radius 2 is 2.00 bits per heavy atom. The molecule has 1 aromatic carbocycles. The number of nitrogens with zero attached hydrogens (tertiary/aromatic N) is 1. The minimum absolute atomic E-state index is 0.189. The van der Waals surface area contributed by atoms with Gasteiger partial charge in [-0.15, -0.1) is 0 Å². The second-order valence-electron chi connectivity index (χ2n) is 5.29. The van der Waals surface area contributed by atoms with Gasteiger partial charge < -0.3 is 15.4 Å². The minimum Gasteiger partial charge on any atom is -0.452 e. The van der Waals surface area contributed by atoms with Crippen LogP contribution in [-0.4, -0.2) is 42.4 Å². The number of likely N-dealkylation sites (tertiary alicyclic amines) is 1. The van der Waals surface area contributed by atoms with Crippen LogP contribution in [0, 0.1) is 17.6 Å².